The molecule has 0 saturated heterocycles. The van der Waals surface area contributed by atoms with Crippen LogP contribution >= 0.6 is 0 Å². The van der Waals surface area contributed by atoms with Crippen LogP contribution in [0.15, 0.2) is 60.7 Å². The minimum Gasteiger partial charge on any atom is -0.493 e. The Kier molecular flexibility index (Phi) is 11.2. The fraction of sp³-hybridized carbons (Fsp3) is 0.371. The first-order valence-electron chi connectivity index (χ1n) is 15.1. The molecule has 4 aromatic rings. The van der Waals surface area contributed by atoms with Gasteiger partial charge in [0.15, 0.2) is 11.5 Å². The molecule has 238 valence electrons. The van der Waals surface area contributed by atoms with E-state index in [0.717, 1.165) is 41.5 Å². The predicted octanol–water partition coefficient (Wildman–Crippen LogP) is 6.15. The number of nitrogens with zero attached hydrogens (tertiary/aromatic N) is 2. The number of esters is 1. The molecule has 0 radical (unpaired) electrons. The van der Waals surface area contributed by atoms with Crippen LogP contribution in [0.1, 0.15) is 57.2 Å². The molecule has 0 aliphatic rings. The zero-order valence-corrected chi connectivity index (χ0v) is 26.7. The summed E-state index contributed by atoms with van der Waals surface area (Å²) >= 11 is 0. The number of anilines is 1. The van der Waals surface area contributed by atoms with Crippen LogP contribution in [-0.2, 0) is 32.1 Å². The van der Waals surface area contributed by atoms with Crippen LogP contribution in [0.25, 0.3) is 11.0 Å². The molecule has 1 N–H and O–H groups in total. The van der Waals surface area contributed by atoms with Crippen molar-refractivity contribution < 1.29 is 33.3 Å². The first-order chi connectivity index (χ1) is 21.7. The molecule has 4 rings (SSSR count). The summed E-state index contributed by atoms with van der Waals surface area (Å²) in [7, 11) is 3.06. The number of benzene rings is 3. The Labute approximate surface area is 263 Å². The lowest BCUT2D eigenvalue weighted by Crippen LogP contribution is -2.26. The van der Waals surface area contributed by atoms with E-state index in [1.54, 1.807) is 32.9 Å². The van der Waals surface area contributed by atoms with Crippen LogP contribution in [0.4, 0.5) is 5.69 Å². The number of fused-ring (bicyclic) bond motifs is 1. The molecule has 3 atom stereocenters. The molecule has 1 heterocycles. The second-order valence-electron chi connectivity index (χ2n) is 10.8. The van der Waals surface area contributed by atoms with E-state index in [4.69, 9.17) is 23.9 Å². The molecule has 1 amide bonds. The van der Waals surface area contributed by atoms with Crippen molar-refractivity contribution in [3.05, 3.63) is 77.6 Å². The summed E-state index contributed by atoms with van der Waals surface area (Å²) in [6, 6.07) is 18.4. The smallest absolute Gasteiger partial charge is 0.352 e. The number of hydrogen-bond acceptors (Lipinski definition) is 8. The Morgan fingerprint density at radius 2 is 1.67 bits per heavy atom. The van der Waals surface area contributed by atoms with Crippen molar-refractivity contribution in [2.75, 3.05) is 26.1 Å². The van der Waals surface area contributed by atoms with Crippen LogP contribution in [0.5, 0.6) is 17.2 Å². The number of carbonyl (C=O) groups is 3. The average Bonchev–Trinajstić information content (AvgIpc) is 3.39. The third kappa shape index (κ3) is 7.63. The molecule has 0 fully saturated rings. The van der Waals surface area contributed by atoms with Gasteiger partial charge in [0.25, 0.3) is 0 Å². The van der Waals surface area contributed by atoms with Crippen LogP contribution in [-0.4, -0.2) is 48.5 Å². The minimum atomic E-state index is -1.03. The van der Waals surface area contributed by atoms with E-state index in [1.165, 1.54) is 14.2 Å². The second-order valence-corrected chi connectivity index (χ2v) is 10.8. The number of methoxy groups -OCH3 is 2. The molecular weight excluding hydrogens is 574 g/mol. The first kappa shape index (κ1) is 33.0. The molecule has 0 saturated carbocycles. The summed E-state index contributed by atoms with van der Waals surface area (Å²) in [6.45, 7) is 7.93. The highest BCUT2D eigenvalue weighted by atomic mass is 16.6. The van der Waals surface area contributed by atoms with Gasteiger partial charge in [-0.2, -0.15) is 0 Å². The SMILES string of the molecule is CCCc1nc2ccc(NC(=O)C(C)C(C)C=O)cc2n1Cc1cc(OC)c(OC(C(=O)OCC)c2ccccc2)c(OC)c1. The largest absolute Gasteiger partial charge is 0.493 e. The van der Waals surface area contributed by atoms with Crippen molar-refractivity contribution in [3.63, 3.8) is 0 Å². The van der Waals surface area contributed by atoms with Gasteiger partial charge in [-0.05, 0) is 49.2 Å². The van der Waals surface area contributed by atoms with E-state index in [-0.39, 0.29) is 18.3 Å². The highest BCUT2D eigenvalue weighted by molar-refractivity contribution is 5.95. The Morgan fingerprint density at radius 3 is 2.27 bits per heavy atom. The molecule has 10 heteroatoms. The van der Waals surface area contributed by atoms with Crippen molar-refractivity contribution in [3.8, 4) is 17.2 Å². The third-order valence-electron chi connectivity index (χ3n) is 7.69. The highest BCUT2D eigenvalue weighted by Gasteiger charge is 2.28. The summed E-state index contributed by atoms with van der Waals surface area (Å²) < 4.78 is 25.2. The summed E-state index contributed by atoms with van der Waals surface area (Å²) in [6.07, 6.45) is 1.40. The summed E-state index contributed by atoms with van der Waals surface area (Å²) in [5, 5.41) is 2.94. The number of hydrogen-bond donors (Lipinski definition) is 1. The maximum atomic E-state index is 12.9. The highest BCUT2D eigenvalue weighted by Crippen LogP contribution is 2.42. The molecule has 0 aliphatic heterocycles. The summed E-state index contributed by atoms with van der Waals surface area (Å²) in [5.41, 5.74) is 3.74. The summed E-state index contributed by atoms with van der Waals surface area (Å²) in [5.74, 6) is 0.337. The van der Waals surface area contributed by atoms with E-state index < -0.39 is 23.9 Å². The Hall–Kier alpha value is -4.86. The van der Waals surface area contributed by atoms with E-state index in [9.17, 15) is 14.4 Å². The molecule has 3 unspecified atom stereocenters. The predicted molar refractivity (Wildman–Crippen MR) is 172 cm³/mol. The third-order valence-corrected chi connectivity index (χ3v) is 7.69. The first-order valence-corrected chi connectivity index (χ1v) is 15.1. The van der Waals surface area contributed by atoms with Gasteiger partial charge in [-0.3, -0.25) is 4.79 Å². The van der Waals surface area contributed by atoms with Gasteiger partial charge in [0.1, 0.15) is 12.1 Å². The molecule has 0 spiro atoms. The average molecular weight is 616 g/mol. The monoisotopic (exact) mass is 615 g/mol. The van der Waals surface area contributed by atoms with E-state index >= 15 is 0 Å². The molecule has 3 aromatic carbocycles. The van der Waals surface area contributed by atoms with Gasteiger partial charge in [-0.15, -0.1) is 0 Å². The van der Waals surface area contributed by atoms with Gasteiger partial charge < -0.3 is 33.6 Å². The van der Waals surface area contributed by atoms with Crippen LogP contribution in [0.3, 0.4) is 0 Å². The van der Waals surface area contributed by atoms with Gasteiger partial charge in [-0.1, -0.05) is 51.1 Å². The lowest BCUT2D eigenvalue weighted by atomic mass is 9.96. The van der Waals surface area contributed by atoms with Gasteiger partial charge in [0.2, 0.25) is 17.8 Å². The number of rotatable bonds is 15. The Balaban J connectivity index is 1.72. The zero-order chi connectivity index (χ0) is 32.5. The van der Waals surface area contributed by atoms with Crippen LogP contribution < -0.4 is 19.5 Å². The molecule has 45 heavy (non-hydrogen) atoms. The van der Waals surface area contributed by atoms with Crippen molar-refractivity contribution in [2.24, 2.45) is 11.8 Å². The number of amides is 1. The fourth-order valence-corrected chi connectivity index (χ4v) is 4.99. The molecule has 10 nitrogen and oxygen atoms in total. The van der Waals surface area contributed by atoms with Gasteiger partial charge in [0, 0.05) is 36.1 Å². The van der Waals surface area contributed by atoms with Crippen molar-refractivity contribution in [2.45, 2.75) is 53.2 Å². The van der Waals surface area contributed by atoms with Gasteiger partial charge >= 0.3 is 5.97 Å². The second kappa shape index (κ2) is 15.2. The number of ether oxygens (including phenoxy) is 4. The Bertz CT molecular complexity index is 1610. The van der Waals surface area contributed by atoms with Crippen molar-refractivity contribution in [1.29, 1.82) is 0 Å². The van der Waals surface area contributed by atoms with Gasteiger partial charge in [-0.25, -0.2) is 9.78 Å². The normalized spacial score (nSPS) is 13.0. The minimum absolute atomic E-state index is 0.208. The molecular formula is C35H41N3O7. The topological polar surface area (TPSA) is 118 Å². The number of imidazole rings is 1. The molecule has 1 aromatic heterocycles. The number of aldehydes is 1. The maximum Gasteiger partial charge on any atom is 0.352 e. The fourth-order valence-electron chi connectivity index (χ4n) is 4.99. The lowest BCUT2D eigenvalue weighted by Gasteiger charge is -2.22. The standard InChI is InChI=1S/C35H41N3O7/c1-7-12-31-37-27-16-15-26(36-34(40)23(4)22(3)21-39)19-28(27)38(31)20-24-17-29(42-5)33(30(18-24)43-6)45-32(35(41)44-8-2)25-13-10-9-11-14-25/h9-11,13-19,21-23,32H,7-8,12,20H2,1-6H3,(H,36,40). The zero-order valence-electron chi connectivity index (χ0n) is 26.7. The van der Waals surface area contributed by atoms with Crippen LogP contribution in [0, 0.1) is 11.8 Å². The van der Waals surface area contributed by atoms with E-state index in [2.05, 4.69) is 16.8 Å². The quantitative estimate of drug-likeness (QED) is 0.125. The maximum absolute atomic E-state index is 12.9. The van der Waals surface area contributed by atoms with E-state index in [1.807, 2.05) is 48.5 Å². The lowest BCUT2D eigenvalue weighted by molar-refractivity contribution is -0.151. The Morgan fingerprint density at radius 1 is 0.978 bits per heavy atom. The number of nitrogens with one attached hydrogen (secondary N) is 1. The molecule has 0 aliphatic carbocycles. The number of carbonyl (C=O) groups excluding carboxylic acids is 3. The molecule has 0 bridgehead atoms. The van der Waals surface area contributed by atoms with E-state index in [0.29, 0.717) is 29.3 Å². The van der Waals surface area contributed by atoms with Crippen LogP contribution in [0.2, 0.25) is 0 Å². The van der Waals surface area contributed by atoms with Crippen molar-refractivity contribution >= 4 is 34.9 Å². The van der Waals surface area contributed by atoms with Gasteiger partial charge in [0.05, 0.1) is 31.9 Å². The summed E-state index contributed by atoms with van der Waals surface area (Å²) in [4.78, 5) is 41.8. The number of aromatic nitrogens is 2. The number of aryl methyl sites for hydroxylation is 1. The van der Waals surface area contributed by atoms with Crippen molar-refractivity contribution in [1.82, 2.24) is 9.55 Å².